The van der Waals surface area contributed by atoms with Crippen LogP contribution in [0.5, 0.6) is 0 Å². The first-order chi connectivity index (χ1) is 8.49. The molecule has 1 aromatic carbocycles. The van der Waals surface area contributed by atoms with E-state index in [1.165, 1.54) is 5.56 Å². The smallest absolute Gasteiger partial charge is 0.207 e. The Morgan fingerprint density at radius 1 is 1.28 bits per heavy atom. The van der Waals surface area contributed by atoms with Gasteiger partial charge in [0, 0.05) is 22.4 Å². The molecule has 96 valence electrons. The van der Waals surface area contributed by atoms with E-state index >= 15 is 0 Å². The van der Waals surface area contributed by atoms with Crippen LogP contribution in [-0.2, 0) is 0 Å². The predicted octanol–water partition coefficient (Wildman–Crippen LogP) is 4.59. The van der Waals surface area contributed by atoms with Gasteiger partial charge >= 0.3 is 0 Å². The normalized spacial score (nSPS) is 11.0. The maximum Gasteiger partial charge on any atom is 0.207 e. The zero-order valence-corrected chi connectivity index (χ0v) is 12.7. The highest BCUT2D eigenvalue weighted by atomic mass is 79.9. The standard InChI is InChI=1S/C14H18BrN3/c1-9(2)18-8-10(3)16-14(18)17-13-7-5-6-12(15)11(13)4/h5-9H,1-4H3,(H,16,17). The average molecular weight is 308 g/mol. The Balaban J connectivity index is 2.37. The molecule has 3 nitrogen and oxygen atoms in total. The molecule has 0 saturated carbocycles. The van der Waals surface area contributed by atoms with Crippen LogP contribution in [0.15, 0.2) is 28.9 Å². The minimum absolute atomic E-state index is 0.390. The van der Waals surface area contributed by atoms with E-state index in [2.05, 4.69) is 63.8 Å². The van der Waals surface area contributed by atoms with Crippen LogP contribution < -0.4 is 5.32 Å². The van der Waals surface area contributed by atoms with E-state index in [1.807, 2.05) is 19.1 Å². The Morgan fingerprint density at radius 2 is 2.00 bits per heavy atom. The lowest BCUT2D eigenvalue weighted by Gasteiger charge is -2.14. The van der Waals surface area contributed by atoms with Gasteiger partial charge in [-0.05, 0) is 45.4 Å². The number of anilines is 2. The fourth-order valence-corrected chi connectivity index (χ4v) is 2.23. The highest BCUT2D eigenvalue weighted by Gasteiger charge is 2.10. The van der Waals surface area contributed by atoms with E-state index < -0.39 is 0 Å². The van der Waals surface area contributed by atoms with Crippen LogP contribution in [0.25, 0.3) is 0 Å². The van der Waals surface area contributed by atoms with Crippen molar-refractivity contribution in [3.05, 3.63) is 40.1 Å². The molecule has 0 amide bonds. The number of nitrogens with zero attached hydrogens (tertiary/aromatic N) is 2. The fourth-order valence-electron chi connectivity index (χ4n) is 1.87. The summed E-state index contributed by atoms with van der Waals surface area (Å²) in [5.41, 5.74) is 3.30. The Bertz CT molecular complexity index is 558. The van der Waals surface area contributed by atoms with Crippen molar-refractivity contribution in [2.75, 3.05) is 5.32 Å². The third-order valence-corrected chi connectivity index (χ3v) is 3.78. The minimum atomic E-state index is 0.390. The zero-order valence-electron chi connectivity index (χ0n) is 11.2. The molecule has 1 heterocycles. The number of rotatable bonds is 3. The third kappa shape index (κ3) is 2.58. The van der Waals surface area contributed by atoms with Crippen molar-refractivity contribution < 1.29 is 0 Å². The van der Waals surface area contributed by atoms with Gasteiger partial charge in [-0.25, -0.2) is 4.98 Å². The molecule has 0 aliphatic rings. The summed E-state index contributed by atoms with van der Waals surface area (Å²) in [5, 5.41) is 3.41. The molecule has 0 aliphatic heterocycles. The maximum absolute atomic E-state index is 4.53. The minimum Gasteiger partial charge on any atom is -0.325 e. The van der Waals surface area contributed by atoms with Gasteiger partial charge in [-0.2, -0.15) is 0 Å². The zero-order chi connectivity index (χ0) is 13.3. The number of nitrogens with one attached hydrogen (secondary N) is 1. The number of imidazole rings is 1. The number of hydrogen-bond acceptors (Lipinski definition) is 2. The van der Waals surface area contributed by atoms with Gasteiger partial charge in [0.2, 0.25) is 5.95 Å². The first-order valence-electron chi connectivity index (χ1n) is 6.06. The predicted molar refractivity (Wildman–Crippen MR) is 79.5 cm³/mol. The second-order valence-electron chi connectivity index (χ2n) is 4.74. The van der Waals surface area contributed by atoms with Crippen LogP contribution in [0.3, 0.4) is 0 Å². The largest absolute Gasteiger partial charge is 0.325 e. The summed E-state index contributed by atoms with van der Waals surface area (Å²) >= 11 is 3.54. The molecule has 0 fully saturated rings. The Hall–Kier alpha value is -1.29. The van der Waals surface area contributed by atoms with E-state index in [0.717, 1.165) is 21.8 Å². The van der Waals surface area contributed by atoms with Crippen LogP contribution in [0.4, 0.5) is 11.6 Å². The van der Waals surface area contributed by atoms with E-state index in [4.69, 9.17) is 0 Å². The quantitative estimate of drug-likeness (QED) is 0.899. The second-order valence-corrected chi connectivity index (χ2v) is 5.60. The Labute approximate surface area is 116 Å². The number of hydrogen-bond donors (Lipinski definition) is 1. The van der Waals surface area contributed by atoms with Gasteiger partial charge in [0.25, 0.3) is 0 Å². The highest BCUT2D eigenvalue weighted by Crippen LogP contribution is 2.27. The molecule has 4 heteroatoms. The lowest BCUT2D eigenvalue weighted by Crippen LogP contribution is -2.05. The molecule has 0 saturated heterocycles. The van der Waals surface area contributed by atoms with Crippen LogP contribution >= 0.6 is 15.9 Å². The number of aryl methyl sites for hydroxylation is 1. The van der Waals surface area contributed by atoms with E-state index in [0.29, 0.717) is 6.04 Å². The number of aromatic nitrogens is 2. The van der Waals surface area contributed by atoms with Crippen LogP contribution in [0.2, 0.25) is 0 Å². The molecule has 2 aromatic rings. The van der Waals surface area contributed by atoms with Crippen molar-refractivity contribution >= 4 is 27.6 Å². The first-order valence-corrected chi connectivity index (χ1v) is 6.86. The SMILES string of the molecule is Cc1cn(C(C)C)c(Nc2cccc(Br)c2C)n1. The molecule has 2 rings (SSSR count). The summed E-state index contributed by atoms with van der Waals surface area (Å²) < 4.78 is 3.25. The van der Waals surface area contributed by atoms with Crippen molar-refractivity contribution in [1.29, 1.82) is 0 Å². The summed E-state index contributed by atoms with van der Waals surface area (Å²) in [7, 11) is 0. The number of halogens is 1. The number of benzene rings is 1. The topological polar surface area (TPSA) is 29.9 Å². The van der Waals surface area contributed by atoms with Crippen LogP contribution in [-0.4, -0.2) is 9.55 Å². The van der Waals surface area contributed by atoms with Crippen LogP contribution in [0.1, 0.15) is 31.1 Å². The molecule has 0 bridgehead atoms. The molecule has 0 spiro atoms. The maximum atomic E-state index is 4.53. The van der Waals surface area contributed by atoms with Crippen molar-refractivity contribution in [3.63, 3.8) is 0 Å². The fraction of sp³-hybridized carbons (Fsp3) is 0.357. The highest BCUT2D eigenvalue weighted by molar-refractivity contribution is 9.10. The van der Waals surface area contributed by atoms with Crippen molar-refractivity contribution in [1.82, 2.24) is 9.55 Å². The molecular formula is C14H18BrN3. The van der Waals surface area contributed by atoms with Crippen molar-refractivity contribution in [2.45, 2.75) is 33.7 Å². The molecule has 1 aromatic heterocycles. The van der Waals surface area contributed by atoms with Crippen molar-refractivity contribution in [3.8, 4) is 0 Å². The van der Waals surface area contributed by atoms with Crippen molar-refractivity contribution in [2.24, 2.45) is 0 Å². The lowest BCUT2D eigenvalue weighted by atomic mass is 10.2. The average Bonchev–Trinajstić information content (AvgIpc) is 2.66. The molecule has 18 heavy (non-hydrogen) atoms. The van der Waals surface area contributed by atoms with Gasteiger partial charge in [0.1, 0.15) is 0 Å². The first kappa shape index (κ1) is 13.1. The Morgan fingerprint density at radius 3 is 2.67 bits per heavy atom. The molecule has 1 N–H and O–H groups in total. The summed E-state index contributed by atoms with van der Waals surface area (Å²) in [6.45, 7) is 8.40. The van der Waals surface area contributed by atoms with E-state index in [-0.39, 0.29) is 0 Å². The monoisotopic (exact) mass is 307 g/mol. The Kier molecular flexibility index (Phi) is 3.76. The van der Waals surface area contributed by atoms with E-state index in [9.17, 15) is 0 Å². The summed E-state index contributed by atoms with van der Waals surface area (Å²) in [5.74, 6) is 0.892. The van der Waals surface area contributed by atoms with Gasteiger partial charge < -0.3 is 9.88 Å². The molecule has 0 atom stereocenters. The molecule has 0 unspecified atom stereocenters. The van der Waals surface area contributed by atoms with E-state index in [1.54, 1.807) is 0 Å². The van der Waals surface area contributed by atoms with Gasteiger partial charge in [-0.15, -0.1) is 0 Å². The molecular weight excluding hydrogens is 290 g/mol. The lowest BCUT2D eigenvalue weighted by molar-refractivity contribution is 0.607. The van der Waals surface area contributed by atoms with Gasteiger partial charge in [0.05, 0.1) is 5.69 Å². The van der Waals surface area contributed by atoms with Gasteiger partial charge in [0.15, 0.2) is 0 Å². The van der Waals surface area contributed by atoms with Crippen LogP contribution in [0, 0.1) is 13.8 Å². The second kappa shape index (κ2) is 5.14. The summed E-state index contributed by atoms with van der Waals surface area (Å²) in [4.78, 5) is 4.53. The molecule has 0 aliphatic carbocycles. The van der Waals surface area contributed by atoms with Gasteiger partial charge in [-0.3, -0.25) is 0 Å². The summed E-state index contributed by atoms with van der Waals surface area (Å²) in [6, 6.07) is 6.52. The summed E-state index contributed by atoms with van der Waals surface area (Å²) in [6.07, 6.45) is 2.07. The van der Waals surface area contributed by atoms with Gasteiger partial charge in [-0.1, -0.05) is 22.0 Å². The third-order valence-electron chi connectivity index (χ3n) is 2.92. The molecule has 0 radical (unpaired) electrons.